The van der Waals surface area contributed by atoms with Crippen LogP contribution in [0.4, 0.5) is 0 Å². The van der Waals surface area contributed by atoms with Gasteiger partial charge in [-0.2, -0.15) is 0 Å². The number of rotatable bonds is 14. The molecule has 11 aliphatic rings. The van der Waals surface area contributed by atoms with E-state index in [9.17, 15) is 81.4 Å². The van der Waals surface area contributed by atoms with E-state index in [0.29, 0.717) is 38.7 Å². The lowest BCUT2D eigenvalue weighted by Gasteiger charge is -2.75. The zero-order chi connectivity index (χ0) is 61.5. The Morgan fingerprint density at radius 2 is 1.04 bits per heavy atom. The van der Waals surface area contributed by atoms with Crippen molar-refractivity contribution >= 4 is 6.29 Å². The van der Waals surface area contributed by atoms with Crippen LogP contribution >= 0.6 is 0 Å². The van der Waals surface area contributed by atoms with Crippen LogP contribution in [0.25, 0.3) is 0 Å². The van der Waals surface area contributed by atoms with Gasteiger partial charge in [-0.05, 0) is 98.2 Å². The molecule has 6 saturated heterocycles. The summed E-state index contributed by atoms with van der Waals surface area (Å²) < 4.78 is 70.0. The number of carbonyl (C=O) groups excluding carboxylic acids is 1. The van der Waals surface area contributed by atoms with Crippen molar-refractivity contribution in [2.45, 2.75) is 265 Å². The first kappa shape index (κ1) is 65.1. The van der Waals surface area contributed by atoms with Gasteiger partial charge in [0.05, 0.1) is 57.5 Å². The van der Waals surface area contributed by atoms with E-state index in [4.69, 9.17) is 52.1 Å². The van der Waals surface area contributed by atoms with Crippen molar-refractivity contribution in [3.63, 3.8) is 0 Å². The quantitative estimate of drug-likeness (QED) is 0.0581. The van der Waals surface area contributed by atoms with Gasteiger partial charge in [0.25, 0.3) is 0 Å². The summed E-state index contributed by atoms with van der Waals surface area (Å²) in [7, 11) is 0. The van der Waals surface area contributed by atoms with Crippen molar-refractivity contribution in [3.8, 4) is 0 Å². The standard InChI is InChI=1S/C58H94O27/c1-52(2)29-7-11-55(5)30(8-12-58-31-15-53(3,22-62)13-14-57(31,23-77-58)32(64)16-56(55,58)6)54(29,4)10-9-33(52)82-50-46(85-51-45(40(71)37(68)27(19-61)80-51)84-49-43(74)39(70)36(67)26(18-60)79-49)44(83-48-42(73)38(69)35(66)25(17-59)78-48)28(21-76-50)81-47-41(72)34(65)24(63)20-75-47/h22,24-51,59-61,63-74H,7-21,23H2,1-6H3/t24-,25-,26-,27-,28+,29?,30-,31+,32-,33+,34+,35-,36-,37-,38+,39+,40+,41-,42-,43-,44+,45-,46-,47+,48-,49-,50+,51+,53-,54+,55-,56+,57?,58?/m1/s1. The van der Waals surface area contributed by atoms with Gasteiger partial charge in [-0.15, -0.1) is 0 Å². The molecule has 15 N–H and O–H groups in total. The summed E-state index contributed by atoms with van der Waals surface area (Å²) in [4.78, 5) is 12.7. The Morgan fingerprint density at radius 3 is 1.65 bits per heavy atom. The van der Waals surface area contributed by atoms with E-state index in [0.717, 1.165) is 38.4 Å². The van der Waals surface area contributed by atoms with E-state index >= 15 is 0 Å². The molecular weight excluding hydrogens is 1130 g/mol. The largest absolute Gasteiger partial charge is 0.394 e. The average molecular weight is 1220 g/mol. The molecule has 11 rings (SSSR count). The molecule has 27 heteroatoms. The fourth-order valence-corrected chi connectivity index (χ4v) is 18.9. The number of ether oxygens (including phenoxy) is 11. The number of aliphatic hydroxyl groups excluding tert-OH is 15. The number of hydrogen-bond donors (Lipinski definition) is 15. The maximum atomic E-state index is 12.7. The summed E-state index contributed by atoms with van der Waals surface area (Å²) in [5.74, 6) is 0.187. The van der Waals surface area contributed by atoms with E-state index < -0.39 is 214 Å². The van der Waals surface area contributed by atoms with E-state index in [1.807, 2.05) is 6.92 Å². The van der Waals surface area contributed by atoms with E-state index in [-0.39, 0.29) is 28.6 Å². The highest BCUT2D eigenvalue weighted by Gasteiger charge is 2.80. The Morgan fingerprint density at radius 1 is 0.482 bits per heavy atom. The third-order valence-corrected chi connectivity index (χ3v) is 24.1. The van der Waals surface area contributed by atoms with Gasteiger partial charge in [-0.1, -0.05) is 41.5 Å². The second kappa shape index (κ2) is 23.6. The molecule has 6 aliphatic heterocycles. The molecule has 2 bridgehead atoms. The lowest BCUT2D eigenvalue weighted by molar-refractivity contribution is -0.411. The van der Waals surface area contributed by atoms with Crippen LogP contribution in [0, 0.1) is 50.2 Å². The zero-order valence-electron chi connectivity index (χ0n) is 49.2. The topological polar surface area (TPSA) is 422 Å². The van der Waals surface area contributed by atoms with Gasteiger partial charge < -0.3 is 133 Å². The third-order valence-electron chi connectivity index (χ3n) is 24.1. The maximum Gasteiger partial charge on any atom is 0.187 e. The lowest BCUT2D eigenvalue weighted by atomic mass is 9.30. The summed E-state index contributed by atoms with van der Waals surface area (Å²) >= 11 is 0. The summed E-state index contributed by atoms with van der Waals surface area (Å²) in [5.41, 5.74) is -3.16. The number of aldehydes is 1. The van der Waals surface area contributed by atoms with Crippen LogP contribution in [0.15, 0.2) is 0 Å². The van der Waals surface area contributed by atoms with Gasteiger partial charge in [-0.3, -0.25) is 0 Å². The Bertz CT molecular complexity index is 2340. The second-order valence-corrected chi connectivity index (χ2v) is 28.6. The van der Waals surface area contributed by atoms with Crippen molar-refractivity contribution in [2.24, 2.45) is 50.2 Å². The van der Waals surface area contributed by atoms with Crippen LogP contribution in [0.5, 0.6) is 0 Å². The Labute approximate surface area is 493 Å². The smallest absolute Gasteiger partial charge is 0.187 e. The average Bonchev–Trinajstić information content (AvgIpc) is 1.63. The van der Waals surface area contributed by atoms with Crippen molar-refractivity contribution in [2.75, 3.05) is 39.6 Å². The number of fused-ring (bicyclic) bond motifs is 4. The Hall–Kier alpha value is -1.37. The minimum atomic E-state index is -2.06. The highest BCUT2D eigenvalue weighted by molar-refractivity contribution is 5.59. The van der Waals surface area contributed by atoms with Gasteiger partial charge in [0, 0.05) is 16.2 Å². The lowest BCUT2D eigenvalue weighted by Crippen LogP contribution is -2.74. The molecule has 85 heavy (non-hydrogen) atoms. The molecule has 6 heterocycles. The molecule has 11 fully saturated rings. The molecule has 5 saturated carbocycles. The summed E-state index contributed by atoms with van der Waals surface area (Å²) in [5, 5.41) is 165. The summed E-state index contributed by atoms with van der Waals surface area (Å²) in [6, 6.07) is 0. The molecule has 0 aromatic carbocycles. The Balaban J connectivity index is 0.936. The minimum absolute atomic E-state index is 0.00599. The van der Waals surface area contributed by atoms with Gasteiger partial charge in [-0.25, -0.2) is 0 Å². The van der Waals surface area contributed by atoms with Crippen LogP contribution in [0.1, 0.15) is 106 Å². The zero-order valence-corrected chi connectivity index (χ0v) is 49.2. The van der Waals surface area contributed by atoms with Gasteiger partial charge >= 0.3 is 0 Å². The van der Waals surface area contributed by atoms with Gasteiger partial charge in [0.15, 0.2) is 31.5 Å². The van der Waals surface area contributed by atoms with Gasteiger partial charge in [0.1, 0.15) is 116 Å². The number of hydrogen-bond acceptors (Lipinski definition) is 27. The van der Waals surface area contributed by atoms with Crippen LogP contribution in [-0.2, 0) is 56.9 Å². The first-order valence-corrected chi connectivity index (χ1v) is 30.6. The van der Waals surface area contributed by atoms with Crippen LogP contribution in [0.3, 0.4) is 0 Å². The molecule has 488 valence electrons. The fraction of sp³-hybridized carbons (Fsp3) is 0.983. The normalized spacial score (nSPS) is 57.6. The maximum absolute atomic E-state index is 12.7. The molecule has 0 amide bonds. The highest BCUT2D eigenvalue weighted by atomic mass is 16.8. The van der Waals surface area contributed by atoms with Crippen molar-refractivity contribution in [1.82, 2.24) is 0 Å². The van der Waals surface area contributed by atoms with E-state index in [2.05, 4.69) is 34.6 Å². The predicted octanol–water partition coefficient (Wildman–Crippen LogP) is -4.07. The van der Waals surface area contributed by atoms with Crippen LogP contribution < -0.4 is 0 Å². The molecule has 0 aromatic heterocycles. The van der Waals surface area contributed by atoms with Crippen molar-refractivity contribution < 1.29 is 133 Å². The molecule has 27 nitrogen and oxygen atoms in total. The van der Waals surface area contributed by atoms with E-state index in [1.54, 1.807) is 0 Å². The first-order valence-electron chi connectivity index (χ1n) is 30.6. The molecule has 1 spiro atoms. The van der Waals surface area contributed by atoms with Crippen molar-refractivity contribution in [1.29, 1.82) is 0 Å². The number of aliphatic hydroxyl groups is 15. The predicted molar refractivity (Wildman–Crippen MR) is 283 cm³/mol. The monoisotopic (exact) mass is 1220 g/mol. The van der Waals surface area contributed by atoms with Gasteiger partial charge in [0.2, 0.25) is 0 Å². The SMILES string of the molecule is CC1(C)C2CC[C@]3(C)[C@H](CCC45OCC6(CC[C@@](C)(C=O)C[C@@H]64)[C@H](O)C[C@]53C)[C@@]2(C)CC[C@@H]1O[C@@H]1OC[C@H](O[C@@H]2OC[C@@H](O)[C@H](O)[C@H]2O)[C@H](O[C@H]2O[C@H](CO)[C@@H](O)[C@H](O)[C@H]2O)[C@H]1O[C@@H]1O[C@H](CO)[C@@H](O)[C@H](O)[C@H]1O[C@H]1O[C@H](CO)[C@@H](O)[C@H](O)[C@H]1O. The molecule has 5 aliphatic carbocycles. The van der Waals surface area contributed by atoms with E-state index in [1.165, 1.54) is 0 Å². The first-order chi connectivity index (χ1) is 40.0. The van der Waals surface area contributed by atoms with Crippen LogP contribution in [0.2, 0.25) is 0 Å². The summed E-state index contributed by atoms with van der Waals surface area (Å²) in [6.45, 7) is 10.2. The Kier molecular flexibility index (Phi) is 18.1. The molecule has 0 aromatic rings. The third kappa shape index (κ3) is 10.2. The fourth-order valence-electron chi connectivity index (χ4n) is 18.9. The molecule has 34 atom stereocenters. The minimum Gasteiger partial charge on any atom is -0.394 e. The molecule has 3 unspecified atom stereocenters. The summed E-state index contributed by atoms with van der Waals surface area (Å²) in [6.07, 6.45) is -34.9. The number of carbonyl (C=O) groups is 1. The molecular formula is C58H94O27. The second-order valence-electron chi connectivity index (χ2n) is 28.6. The molecule has 0 radical (unpaired) electrons. The highest BCUT2D eigenvalue weighted by Crippen LogP contribution is 2.80. The van der Waals surface area contributed by atoms with Crippen molar-refractivity contribution in [3.05, 3.63) is 0 Å². The van der Waals surface area contributed by atoms with Crippen LogP contribution in [-0.4, -0.2) is 282 Å².